The molecule has 1 aliphatic heterocycles. The number of benzene rings is 2. The van der Waals surface area contributed by atoms with E-state index in [1.54, 1.807) is 36.1 Å². The van der Waals surface area contributed by atoms with Crippen molar-refractivity contribution in [3.63, 3.8) is 0 Å². The first-order valence-corrected chi connectivity index (χ1v) is 10.9. The summed E-state index contributed by atoms with van der Waals surface area (Å²) in [5.74, 6) is -0.717. The molecule has 0 spiro atoms. The van der Waals surface area contributed by atoms with E-state index < -0.39 is 11.9 Å². The van der Waals surface area contributed by atoms with E-state index in [2.05, 4.69) is 10.6 Å². The molecule has 0 saturated carbocycles. The molecule has 1 unspecified atom stereocenters. The number of nitrogens with one attached hydrogen (secondary N) is 2. The Labute approximate surface area is 191 Å². The molecule has 1 heterocycles. The van der Waals surface area contributed by atoms with Gasteiger partial charge in [0.2, 0.25) is 5.91 Å². The van der Waals surface area contributed by atoms with Crippen LogP contribution in [-0.4, -0.2) is 47.8 Å². The van der Waals surface area contributed by atoms with Crippen LogP contribution >= 0.6 is 23.2 Å². The summed E-state index contributed by atoms with van der Waals surface area (Å²) >= 11 is 12.0. The third-order valence-electron chi connectivity index (χ3n) is 5.45. The number of hydrogen-bond donors (Lipinski definition) is 2. The van der Waals surface area contributed by atoms with E-state index in [0.29, 0.717) is 31.5 Å². The molecule has 2 aromatic rings. The van der Waals surface area contributed by atoms with Crippen LogP contribution in [-0.2, 0) is 4.79 Å². The fourth-order valence-electron chi connectivity index (χ4n) is 3.62. The standard InChI is InChI=1S/C23H25Cl2N3O3/c1-14-6-3-4-7-17(14)21(29)27-16-10-12-28(13-11-16)23(31)15(2)26-22(30)18-8-5-9-19(24)20(18)25/h3-9,15-16H,10-13H2,1-2H3,(H,26,30)(H,27,29). The summed E-state index contributed by atoms with van der Waals surface area (Å²) in [4.78, 5) is 39.5. The number of halogens is 2. The molecular weight excluding hydrogens is 437 g/mol. The number of carbonyl (C=O) groups is 3. The van der Waals surface area contributed by atoms with Crippen LogP contribution in [0.3, 0.4) is 0 Å². The Balaban J connectivity index is 1.51. The van der Waals surface area contributed by atoms with Crippen molar-refractivity contribution in [2.45, 2.75) is 38.8 Å². The van der Waals surface area contributed by atoms with Gasteiger partial charge in [0.05, 0.1) is 15.6 Å². The first-order valence-electron chi connectivity index (χ1n) is 10.2. The number of aryl methyl sites for hydroxylation is 1. The van der Waals surface area contributed by atoms with E-state index in [1.807, 2.05) is 25.1 Å². The van der Waals surface area contributed by atoms with E-state index in [0.717, 1.165) is 5.56 Å². The Morgan fingerprint density at radius 2 is 1.61 bits per heavy atom. The predicted molar refractivity (Wildman–Crippen MR) is 122 cm³/mol. The second kappa shape index (κ2) is 10.2. The minimum atomic E-state index is -0.708. The first-order chi connectivity index (χ1) is 14.8. The smallest absolute Gasteiger partial charge is 0.253 e. The third-order valence-corrected chi connectivity index (χ3v) is 6.26. The fraction of sp³-hybridized carbons (Fsp3) is 0.348. The molecule has 31 heavy (non-hydrogen) atoms. The number of likely N-dealkylation sites (tertiary alicyclic amines) is 1. The average Bonchev–Trinajstić information content (AvgIpc) is 2.75. The number of piperidine rings is 1. The monoisotopic (exact) mass is 461 g/mol. The van der Waals surface area contributed by atoms with Crippen molar-refractivity contribution in [1.82, 2.24) is 15.5 Å². The lowest BCUT2D eigenvalue weighted by Gasteiger charge is -2.34. The van der Waals surface area contributed by atoms with E-state index >= 15 is 0 Å². The zero-order valence-corrected chi connectivity index (χ0v) is 19.0. The molecule has 2 aromatic carbocycles. The summed E-state index contributed by atoms with van der Waals surface area (Å²) in [7, 11) is 0. The van der Waals surface area contributed by atoms with Gasteiger partial charge < -0.3 is 15.5 Å². The molecular formula is C23H25Cl2N3O3. The Morgan fingerprint density at radius 3 is 2.29 bits per heavy atom. The Kier molecular flexibility index (Phi) is 7.57. The van der Waals surface area contributed by atoms with Crippen molar-refractivity contribution in [2.75, 3.05) is 13.1 Å². The summed E-state index contributed by atoms with van der Waals surface area (Å²) in [5.41, 5.74) is 1.82. The van der Waals surface area contributed by atoms with Crippen LogP contribution < -0.4 is 10.6 Å². The van der Waals surface area contributed by atoms with Crippen molar-refractivity contribution < 1.29 is 14.4 Å². The zero-order valence-electron chi connectivity index (χ0n) is 17.5. The van der Waals surface area contributed by atoms with Gasteiger partial charge in [-0.1, -0.05) is 47.5 Å². The molecule has 0 aromatic heterocycles. The van der Waals surface area contributed by atoms with E-state index in [1.165, 1.54) is 0 Å². The topological polar surface area (TPSA) is 78.5 Å². The molecule has 1 aliphatic rings. The summed E-state index contributed by atoms with van der Waals surface area (Å²) in [5, 5.41) is 6.19. The van der Waals surface area contributed by atoms with E-state index in [4.69, 9.17) is 23.2 Å². The number of carbonyl (C=O) groups excluding carboxylic acids is 3. The summed E-state index contributed by atoms with van der Waals surface area (Å²) in [6.45, 7) is 4.57. The summed E-state index contributed by atoms with van der Waals surface area (Å²) in [6, 6.07) is 11.5. The molecule has 3 amide bonds. The minimum Gasteiger partial charge on any atom is -0.349 e. The van der Waals surface area contributed by atoms with E-state index in [9.17, 15) is 14.4 Å². The third kappa shape index (κ3) is 5.57. The molecule has 0 bridgehead atoms. The van der Waals surface area contributed by atoms with Gasteiger partial charge in [-0.15, -0.1) is 0 Å². The molecule has 1 saturated heterocycles. The second-order valence-corrected chi connectivity index (χ2v) is 8.47. The van der Waals surface area contributed by atoms with Gasteiger partial charge in [0.25, 0.3) is 11.8 Å². The summed E-state index contributed by atoms with van der Waals surface area (Å²) < 4.78 is 0. The molecule has 0 aliphatic carbocycles. The molecule has 3 rings (SSSR count). The molecule has 1 atom stereocenters. The van der Waals surface area contributed by atoms with Gasteiger partial charge in [0.15, 0.2) is 0 Å². The number of nitrogens with zero attached hydrogens (tertiary/aromatic N) is 1. The highest BCUT2D eigenvalue weighted by Crippen LogP contribution is 2.25. The highest BCUT2D eigenvalue weighted by Gasteiger charge is 2.28. The van der Waals surface area contributed by atoms with Crippen LogP contribution in [0.25, 0.3) is 0 Å². The van der Waals surface area contributed by atoms with Gasteiger partial charge in [-0.2, -0.15) is 0 Å². The van der Waals surface area contributed by atoms with Crippen LogP contribution in [0.1, 0.15) is 46.0 Å². The maximum atomic E-state index is 12.8. The highest BCUT2D eigenvalue weighted by molar-refractivity contribution is 6.43. The average molecular weight is 462 g/mol. The quantitative estimate of drug-likeness (QED) is 0.709. The Bertz CT molecular complexity index is 988. The zero-order chi connectivity index (χ0) is 22.5. The second-order valence-electron chi connectivity index (χ2n) is 7.68. The minimum absolute atomic E-state index is 0.00585. The lowest BCUT2D eigenvalue weighted by Crippen LogP contribution is -2.52. The predicted octanol–water partition coefficient (Wildman–Crippen LogP) is 3.84. The van der Waals surface area contributed by atoms with Crippen LogP contribution in [0.2, 0.25) is 10.0 Å². The van der Waals surface area contributed by atoms with Crippen molar-refractivity contribution in [2.24, 2.45) is 0 Å². The lowest BCUT2D eigenvalue weighted by atomic mass is 10.0. The first kappa shape index (κ1) is 23.1. The van der Waals surface area contributed by atoms with Gasteiger partial charge in [-0.3, -0.25) is 14.4 Å². The van der Waals surface area contributed by atoms with Crippen molar-refractivity contribution in [3.05, 3.63) is 69.2 Å². The molecule has 1 fully saturated rings. The largest absolute Gasteiger partial charge is 0.349 e. The number of amides is 3. The normalized spacial score (nSPS) is 15.3. The van der Waals surface area contributed by atoms with Gasteiger partial charge >= 0.3 is 0 Å². The Hall–Kier alpha value is -2.57. The van der Waals surface area contributed by atoms with Gasteiger partial charge in [0, 0.05) is 24.7 Å². The number of rotatable bonds is 5. The lowest BCUT2D eigenvalue weighted by molar-refractivity contribution is -0.133. The van der Waals surface area contributed by atoms with Crippen LogP contribution in [0.4, 0.5) is 0 Å². The Morgan fingerprint density at radius 1 is 0.968 bits per heavy atom. The summed E-state index contributed by atoms with van der Waals surface area (Å²) in [6.07, 6.45) is 1.31. The SMILES string of the molecule is Cc1ccccc1C(=O)NC1CCN(C(=O)C(C)NC(=O)c2cccc(Cl)c2Cl)CC1. The van der Waals surface area contributed by atoms with Gasteiger partial charge in [-0.05, 0) is 50.5 Å². The maximum Gasteiger partial charge on any atom is 0.253 e. The van der Waals surface area contributed by atoms with Crippen molar-refractivity contribution in [1.29, 1.82) is 0 Å². The van der Waals surface area contributed by atoms with Crippen LogP contribution in [0.15, 0.2) is 42.5 Å². The van der Waals surface area contributed by atoms with Crippen molar-refractivity contribution >= 4 is 40.9 Å². The molecule has 6 nitrogen and oxygen atoms in total. The molecule has 2 N–H and O–H groups in total. The molecule has 164 valence electrons. The van der Waals surface area contributed by atoms with Crippen LogP contribution in [0, 0.1) is 6.92 Å². The maximum absolute atomic E-state index is 12.8. The highest BCUT2D eigenvalue weighted by atomic mass is 35.5. The fourth-order valence-corrected chi connectivity index (χ4v) is 4.01. The molecule has 0 radical (unpaired) electrons. The van der Waals surface area contributed by atoms with Gasteiger partial charge in [0.1, 0.15) is 6.04 Å². The van der Waals surface area contributed by atoms with Gasteiger partial charge in [-0.25, -0.2) is 0 Å². The van der Waals surface area contributed by atoms with E-state index in [-0.39, 0.29) is 33.5 Å². The van der Waals surface area contributed by atoms with Crippen LogP contribution in [0.5, 0.6) is 0 Å². The number of hydrogen-bond acceptors (Lipinski definition) is 3. The van der Waals surface area contributed by atoms with Crippen molar-refractivity contribution in [3.8, 4) is 0 Å². The molecule has 8 heteroatoms.